The standard InChI is InChI=1S/C33H31N3O7/c1-5-22-23-13-18(3)7-12-27(23)35-29-24(22)15-36-28(29)14-26-25(30(36)38)17-41-31(39)33(26,6-2)43-32(40)42-16-20-8-10-21(11-9-20)34-19(4)37/h7-14H,5-6,15-17H2,1-4H3,(H,34,37). The number of cyclic esters (lactones) is 1. The Morgan fingerprint density at radius 1 is 1.07 bits per heavy atom. The minimum absolute atomic E-state index is 0.0275. The molecule has 220 valence electrons. The highest BCUT2D eigenvalue weighted by Crippen LogP contribution is 2.42. The van der Waals surface area contributed by atoms with Gasteiger partial charge in [0.05, 0.1) is 29.0 Å². The monoisotopic (exact) mass is 581 g/mol. The number of nitrogens with one attached hydrogen (secondary N) is 1. The predicted molar refractivity (Wildman–Crippen MR) is 158 cm³/mol. The van der Waals surface area contributed by atoms with E-state index in [1.54, 1.807) is 41.8 Å². The number of aromatic nitrogens is 2. The van der Waals surface area contributed by atoms with E-state index in [-0.39, 0.29) is 42.2 Å². The number of pyridine rings is 2. The van der Waals surface area contributed by atoms with Gasteiger partial charge in [-0.15, -0.1) is 0 Å². The summed E-state index contributed by atoms with van der Waals surface area (Å²) in [5.74, 6) is -0.964. The largest absolute Gasteiger partial charge is 0.510 e. The molecule has 1 unspecified atom stereocenters. The number of amides is 1. The second-order valence-corrected chi connectivity index (χ2v) is 10.9. The molecule has 4 heterocycles. The average molecular weight is 582 g/mol. The number of esters is 1. The number of fused-ring (bicyclic) bond motifs is 5. The fourth-order valence-corrected chi connectivity index (χ4v) is 6.04. The van der Waals surface area contributed by atoms with Gasteiger partial charge in [-0.2, -0.15) is 0 Å². The molecule has 0 saturated carbocycles. The van der Waals surface area contributed by atoms with Crippen LogP contribution in [0.4, 0.5) is 10.5 Å². The molecule has 0 saturated heterocycles. The van der Waals surface area contributed by atoms with Gasteiger partial charge in [-0.25, -0.2) is 14.6 Å². The smallest absolute Gasteiger partial charge is 0.457 e. The van der Waals surface area contributed by atoms with E-state index in [0.29, 0.717) is 29.2 Å². The van der Waals surface area contributed by atoms with Crippen LogP contribution in [0, 0.1) is 6.92 Å². The lowest BCUT2D eigenvalue weighted by atomic mass is 9.85. The van der Waals surface area contributed by atoms with Crippen LogP contribution in [0.1, 0.15) is 60.6 Å². The number of benzene rings is 2. The van der Waals surface area contributed by atoms with Crippen molar-refractivity contribution in [2.75, 3.05) is 5.32 Å². The van der Waals surface area contributed by atoms with Gasteiger partial charge in [0.25, 0.3) is 5.56 Å². The van der Waals surface area contributed by atoms with Gasteiger partial charge in [-0.1, -0.05) is 37.6 Å². The Labute approximate surface area is 247 Å². The minimum atomic E-state index is -1.86. The first-order valence-corrected chi connectivity index (χ1v) is 14.2. The molecular formula is C33H31N3O7. The van der Waals surface area contributed by atoms with Crippen LogP contribution in [0.15, 0.2) is 53.3 Å². The number of hydrogen-bond acceptors (Lipinski definition) is 8. The lowest BCUT2D eigenvalue weighted by Gasteiger charge is -2.35. The number of carbonyl (C=O) groups excluding carboxylic acids is 3. The van der Waals surface area contributed by atoms with Crippen LogP contribution in [0.25, 0.3) is 22.3 Å². The Hall–Kier alpha value is -4.99. The summed E-state index contributed by atoms with van der Waals surface area (Å²) in [6, 6.07) is 14.6. The molecule has 0 radical (unpaired) electrons. The summed E-state index contributed by atoms with van der Waals surface area (Å²) in [7, 11) is 0. The Balaban J connectivity index is 1.35. The second-order valence-electron chi connectivity index (χ2n) is 10.9. The van der Waals surface area contributed by atoms with Crippen LogP contribution in [0.3, 0.4) is 0 Å². The minimum Gasteiger partial charge on any atom is -0.457 e. The van der Waals surface area contributed by atoms with E-state index in [1.807, 2.05) is 19.1 Å². The van der Waals surface area contributed by atoms with Crippen LogP contribution in [0.2, 0.25) is 0 Å². The van der Waals surface area contributed by atoms with Crippen molar-refractivity contribution in [3.63, 3.8) is 0 Å². The van der Waals surface area contributed by atoms with Gasteiger partial charge in [0.15, 0.2) is 0 Å². The molecule has 10 nitrogen and oxygen atoms in total. The zero-order chi connectivity index (χ0) is 30.5. The fourth-order valence-electron chi connectivity index (χ4n) is 6.04. The predicted octanol–water partition coefficient (Wildman–Crippen LogP) is 5.27. The van der Waals surface area contributed by atoms with Gasteiger partial charge in [0, 0.05) is 29.1 Å². The molecule has 0 bridgehead atoms. The van der Waals surface area contributed by atoms with Crippen LogP contribution < -0.4 is 10.9 Å². The van der Waals surface area contributed by atoms with Crippen LogP contribution in [-0.2, 0) is 55.6 Å². The molecule has 4 aromatic rings. The summed E-state index contributed by atoms with van der Waals surface area (Å²) in [6.07, 6.45) is -0.287. The van der Waals surface area contributed by atoms with Crippen LogP contribution in [0.5, 0.6) is 0 Å². The molecule has 10 heteroatoms. The molecule has 6 rings (SSSR count). The van der Waals surface area contributed by atoms with Crippen molar-refractivity contribution in [3.05, 3.63) is 92.3 Å². The number of ether oxygens (including phenoxy) is 3. The highest BCUT2D eigenvalue weighted by molar-refractivity contribution is 5.90. The summed E-state index contributed by atoms with van der Waals surface area (Å²) in [5, 5.41) is 3.73. The molecular weight excluding hydrogens is 550 g/mol. The quantitative estimate of drug-likeness (QED) is 0.269. The molecule has 43 heavy (non-hydrogen) atoms. The van der Waals surface area contributed by atoms with Crippen molar-refractivity contribution in [1.29, 1.82) is 0 Å². The Bertz CT molecular complexity index is 1880. The van der Waals surface area contributed by atoms with E-state index in [0.717, 1.165) is 34.0 Å². The first-order chi connectivity index (χ1) is 20.6. The average Bonchev–Trinajstić information content (AvgIpc) is 3.35. The lowest BCUT2D eigenvalue weighted by molar-refractivity contribution is -0.175. The molecule has 0 spiro atoms. The number of aryl methyl sites for hydroxylation is 2. The van der Waals surface area contributed by atoms with E-state index < -0.39 is 17.7 Å². The van der Waals surface area contributed by atoms with Crippen molar-refractivity contribution in [1.82, 2.24) is 9.55 Å². The maximum atomic E-state index is 13.9. The molecule has 2 aliphatic rings. The lowest BCUT2D eigenvalue weighted by Crippen LogP contribution is -2.47. The Kier molecular flexibility index (Phi) is 7.00. The van der Waals surface area contributed by atoms with Crippen molar-refractivity contribution < 1.29 is 28.6 Å². The van der Waals surface area contributed by atoms with Crippen molar-refractivity contribution in [3.8, 4) is 11.4 Å². The number of carbonyl (C=O) groups is 3. The summed E-state index contributed by atoms with van der Waals surface area (Å²) in [6.45, 7) is 7.22. The van der Waals surface area contributed by atoms with Gasteiger partial charge in [0.2, 0.25) is 11.5 Å². The summed E-state index contributed by atoms with van der Waals surface area (Å²) in [5.41, 5.74) is 4.94. The van der Waals surface area contributed by atoms with E-state index in [9.17, 15) is 19.2 Å². The second kappa shape index (κ2) is 10.7. The third kappa shape index (κ3) is 4.72. The highest BCUT2D eigenvalue weighted by Gasteiger charge is 2.51. The van der Waals surface area contributed by atoms with Crippen molar-refractivity contribution in [2.24, 2.45) is 0 Å². The Morgan fingerprint density at radius 3 is 2.53 bits per heavy atom. The van der Waals surface area contributed by atoms with E-state index >= 15 is 0 Å². The first-order valence-electron chi connectivity index (χ1n) is 14.2. The van der Waals surface area contributed by atoms with Crippen molar-refractivity contribution >= 4 is 34.6 Å². The van der Waals surface area contributed by atoms with Gasteiger partial charge in [-0.3, -0.25) is 9.59 Å². The van der Waals surface area contributed by atoms with Crippen LogP contribution in [-0.4, -0.2) is 27.6 Å². The van der Waals surface area contributed by atoms with E-state index in [2.05, 4.69) is 18.3 Å². The number of nitrogens with zero attached hydrogens (tertiary/aromatic N) is 2. The van der Waals surface area contributed by atoms with Gasteiger partial charge >= 0.3 is 12.1 Å². The van der Waals surface area contributed by atoms with Crippen LogP contribution >= 0.6 is 0 Å². The molecule has 1 atom stereocenters. The molecule has 2 aliphatic heterocycles. The summed E-state index contributed by atoms with van der Waals surface area (Å²) >= 11 is 0. The zero-order valence-electron chi connectivity index (χ0n) is 24.4. The highest BCUT2D eigenvalue weighted by atomic mass is 16.7. The third-order valence-electron chi connectivity index (χ3n) is 8.17. The van der Waals surface area contributed by atoms with E-state index in [4.69, 9.17) is 19.2 Å². The molecule has 1 amide bonds. The van der Waals surface area contributed by atoms with E-state index in [1.165, 1.54) is 6.92 Å². The summed E-state index contributed by atoms with van der Waals surface area (Å²) in [4.78, 5) is 56.3. The molecule has 2 aromatic heterocycles. The third-order valence-corrected chi connectivity index (χ3v) is 8.17. The first kappa shape index (κ1) is 28.1. The van der Waals surface area contributed by atoms with Gasteiger partial charge < -0.3 is 24.1 Å². The normalized spacial score (nSPS) is 16.6. The maximum Gasteiger partial charge on any atom is 0.510 e. The van der Waals surface area contributed by atoms with Crippen molar-refractivity contribution in [2.45, 2.75) is 65.9 Å². The zero-order valence-corrected chi connectivity index (χ0v) is 24.4. The number of hydrogen-bond donors (Lipinski definition) is 1. The van der Waals surface area contributed by atoms with Gasteiger partial charge in [-0.05, 0) is 61.2 Å². The Morgan fingerprint density at radius 2 is 1.84 bits per heavy atom. The SMILES string of the molecule is CCc1c2c(nc3ccc(C)cc13)-c1cc3c(c(=O)n1C2)COC(=O)C3(CC)OC(=O)OCc1ccc(NC(C)=O)cc1. The molecule has 0 aliphatic carbocycles. The molecule has 2 aromatic carbocycles. The fraction of sp³-hybridized carbons (Fsp3) is 0.303. The summed E-state index contributed by atoms with van der Waals surface area (Å²) < 4.78 is 18.2. The maximum absolute atomic E-state index is 13.9. The van der Waals surface area contributed by atoms with Gasteiger partial charge in [0.1, 0.15) is 13.2 Å². The number of rotatable bonds is 6. The molecule has 1 N–H and O–H groups in total. The topological polar surface area (TPSA) is 126 Å². The number of anilines is 1. The molecule has 0 fully saturated rings.